The second-order valence-corrected chi connectivity index (χ2v) is 11.9. The first-order valence-corrected chi connectivity index (χ1v) is 14.5. The molecule has 1 aromatic heterocycles. The quantitative estimate of drug-likeness (QED) is 0.376. The van der Waals surface area contributed by atoms with Crippen molar-refractivity contribution >= 4 is 42.6 Å². The van der Waals surface area contributed by atoms with Gasteiger partial charge in [-0.2, -0.15) is 4.31 Å². The molecule has 0 aliphatic carbocycles. The molecule has 0 saturated carbocycles. The van der Waals surface area contributed by atoms with Crippen LogP contribution >= 0.6 is 11.3 Å². The maximum absolute atomic E-state index is 12.8. The van der Waals surface area contributed by atoms with Crippen molar-refractivity contribution in [2.24, 2.45) is 0 Å². The van der Waals surface area contributed by atoms with E-state index in [1.165, 1.54) is 38.9 Å². The molecule has 0 bridgehead atoms. The number of nitrogens with zero attached hydrogens (tertiary/aromatic N) is 4. The fraction of sp³-hybridized carbons (Fsp3) is 0.333. The van der Waals surface area contributed by atoms with Crippen molar-refractivity contribution in [1.29, 1.82) is 0 Å². The van der Waals surface area contributed by atoms with Gasteiger partial charge in [0.15, 0.2) is 5.13 Å². The Kier molecular flexibility index (Phi) is 8.75. The molecule has 2 aromatic carbocycles. The van der Waals surface area contributed by atoms with Crippen molar-refractivity contribution in [3.63, 3.8) is 0 Å². The third-order valence-electron chi connectivity index (χ3n) is 6.31. The van der Waals surface area contributed by atoms with Gasteiger partial charge in [0.05, 0.1) is 15.1 Å². The average Bonchev–Trinajstić information content (AvgIpc) is 3.32. The van der Waals surface area contributed by atoms with Gasteiger partial charge >= 0.3 is 0 Å². The Morgan fingerprint density at radius 1 is 1.08 bits per heavy atom. The van der Waals surface area contributed by atoms with E-state index < -0.39 is 10.0 Å². The molecule has 1 aliphatic rings. The highest BCUT2D eigenvalue weighted by molar-refractivity contribution is 7.89. The van der Waals surface area contributed by atoms with E-state index in [9.17, 15) is 13.2 Å². The van der Waals surface area contributed by atoms with Crippen molar-refractivity contribution in [2.45, 2.75) is 11.8 Å². The predicted molar refractivity (Wildman–Crippen MR) is 151 cm³/mol. The van der Waals surface area contributed by atoms with Crippen molar-refractivity contribution in [1.82, 2.24) is 19.5 Å². The minimum atomic E-state index is -3.69. The summed E-state index contributed by atoms with van der Waals surface area (Å²) in [6.07, 6.45) is 3.06. The molecule has 1 N–H and O–H groups in total. The van der Waals surface area contributed by atoms with E-state index in [1.54, 1.807) is 23.5 Å². The van der Waals surface area contributed by atoms with Crippen LogP contribution in [0, 0.1) is 6.92 Å². The van der Waals surface area contributed by atoms with Gasteiger partial charge in [0.1, 0.15) is 0 Å². The number of sulfonamides is 1. The summed E-state index contributed by atoms with van der Waals surface area (Å²) in [5.41, 5.74) is 2.72. The monoisotopic (exact) mass is 539 g/mol. The van der Waals surface area contributed by atoms with Gasteiger partial charge in [-0.1, -0.05) is 29.6 Å². The molecule has 0 spiro atoms. The van der Waals surface area contributed by atoms with Crippen LogP contribution in [0.25, 0.3) is 10.2 Å². The molecule has 3 aromatic rings. The van der Waals surface area contributed by atoms with E-state index in [4.69, 9.17) is 4.98 Å². The zero-order chi connectivity index (χ0) is 26.4. The van der Waals surface area contributed by atoms with E-state index in [0.29, 0.717) is 12.1 Å². The summed E-state index contributed by atoms with van der Waals surface area (Å²) in [5, 5.41) is 4.01. The molecule has 0 atom stereocenters. The van der Waals surface area contributed by atoms with Crippen molar-refractivity contribution in [3.8, 4) is 0 Å². The van der Waals surface area contributed by atoms with Gasteiger partial charge < -0.3 is 10.2 Å². The number of hydrogen-bond acceptors (Lipinski definition) is 7. The average molecular weight is 540 g/mol. The van der Waals surface area contributed by atoms with Crippen LogP contribution in [0.3, 0.4) is 0 Å². The lowest BCUT2D eigenvalue weighted by Crippen LogP contribution is -2.48. The standard InChI is InChI=1S/C27H33N5O3S2/c1-4-13-32(14-5-2)37(34,35)23-9-7-22(8-10-23)26(33)28-12-15-30-16-18-31(19-17-30)27-29-24-11-6-21(3)20-25(24)36-27/h4-11,20H,1-2,12-19H2,3H3,(H,28,33). The van der Waals surface area contributed by atoms with Crippen molar-refractivity contribution < 1.29 is 13.2 Å². The smallest absolute Gasteiger partial charge is 0.251 e. The van der Waals surface area contributed by atoms with Gasteiger partial charge in [0.25, 0.3) is 5.91 Å². The summed E-state index contributed by atoms with van der Waals surface area (Å²) in [4.78, 5) is 22.2. The minimum Gasteiger partial charge on any atom is -0.351 e. The van der Waals surface area contributed by atoms with Crippen LogP contribution in [-0.2, 0) is 10.0 Å². The number of hydrogen-bond donors (Lipinski definition) is 1. The van der Waals surface area contributed by atoms with Crippen LogP contribution in [-0.4, -0.2) is 80.9 Å². The first-order chi connectivity index (χ1) is 17.8. The SMILES string of the molecule is C=CCN(CC=C)S(=O)(=O)c1ccc(C(=O)NCCN2CCN(c3nc4ccc(C)cc4s3)CC2)cc1. The van der Waals surface area contributed by atoms with Crippen LogP contribution in [0.5, 0.6) is 0 Å². The number of amides is 1. The minimum absolute atomic E-state index is 0.133. The lowest BCUT2D eigenvalue weighted by Gasteiger charge is -2.34. The maximum atomic E-state index is 12.8. The number of aromatic nitrogens is 1. The summed E-state index contributed by atoms with van der Waals surface area (Å²) < 4.78 is 28.2. The number of rotatable bonds is 11. The first-order valence-electron chi connectivity index (χ1n) is 12.3. The molecule has 1 aliphatic heterocycles. The van der Waals surface area contributed by atoms with Crippen molar-refractivity contribution in [3.05, 3.63) is 78.9 Å². The Morgan fingerprint density at radius 3 is 2.41 bits per heavy atom. The molecule has 37 heavy (non-hydrogen) atoms. The normalized spacial score (nSPS) is 14.7. The van der Waals surface area contributed by atoms with E-state index in [2.05, 4.69) is 53.4 Å². The van der Waals surface area contributed by atoms with E-state index >= 15 is 0 Å². The molecule has 196 valence electrons. The predicted octanol–water partition coefficient (Wildman–Crippen LogP) is 3.52. The van der Waals surface area contributed by atoms with Gasteiger partial charge in [-0.15, -0.1) is 13.2 Å². The molecule has 1 saturated heterocycles. The Morgan fingerprint density at radius 2 is 1.76 bits per heavy atom. The molecule has 0 unspecified atom stereocenters. The molecule has 2 heterocycles. The summed E-state index contributed by atoms with van der Waals surface area (Å²) in [6, 6.07) is 12.4. The lowest BCUT2D eigenvalue weighted by atomic mass is 10.2. The Balaban J connectivity index is 1.25. The largest absolute Gasteiger partial charge is 0.351 e. The molecular weight excluding hydrogens is 506 g/mol. The van der Waals surface area contributed by atoms with Crippen LogP contribution in [0.2, 0.25) is 0 Å². The van der Waals surface area contributed by atoms with Crippen LogP contribution in [0.1, 0.15) is 15.9 Å². The first kappa shape index (κ1) is 27.0. The second kappa shape index (κ2) is 12.0. The maximum Gasteiger partial charge on any atom is 0.251 e. The number of thiazole rings is 1. The van der Waals surface area contributed by atoms with Gasteiger partial charge in [0, 0.05) is 57.9 Å². The third kappa shape index (κ3) is 6.45. The summed E-state index contributed by atoms with van der Waals surface area (Å²) >= 11 is 1.74. The summed E-state index contributed by atoms with van der Waals surface area (Å²) in [6.45, 7) is 14.6. The molecule has 8 nitrogen and oxygen atoms in total. The molecular formula is C27H33N5O3S2. The molecule has 10 heteroatoms. The molecule has 4 rings (SSSR count). The topological polar surface area (TPSA) is 85.8 Å². The van der Waals surface area contributed by atoms with E-state index in [1.807, 2.05) is 0 Å². The molecule has 1 amide bonds. The Bertz CT molecular complexity index is 1350. The number of anilines is 1. The van der Waals surface area contributed by atoms with Gasteiger partial charge in [-0.05, 0) is 48.9 Å². The zero-order valence-electron chi connectivity index (χ0n) is 21.1. The number of aryl methyl sites for hydroxylation is 1. The zero-order valence-corrected chi connectivity index (χ0v) is 22.7. The van der Waals surface area contributed by atoms with Crippen molar-refractivity contribution in [2.75, 3.05) is 57.3 Å². The lowest BCUT2D eigenvalue weighted by molar-refractivity contribution is 0.0947. The Hall–Kier alpha value is -3.05. The fourth-order valence-electron chi connectivity index (χ4n) is 4.23. The second-order valence-electron chi connectivity index (χ2n) is 8.98. The molecule has 1 fully saturated rings. The van der Waals surface area contributed by atoms with Gasteiger partial charge in [0.2, 0.25) is 10.0 Å². The Labute approximate surface area is 223 Å². The van der Waals surface area contributed by atoms with E-state index in [0.717, 1.165) is 43.4 Å². The fourth-order valence-corrected chi connectivity index (χ4v) is 6.73. The summed E-state index contributed by atoms with van der Waals surface area (Å²) in [7, 11) is -3.69. The number of nitrogens with one attached hydrogen (secondary N) is 1. The molecule has 0 radical (unpaired) electrons. The number of fused-ring (bicyclic) bond motifs is 1. The highest BCUT2D eigenvalue weighted by atomic mass is 32.2. The number of carbonyl (C=O) groups excluding carboxylic acids is 1. The van der Waals surface area contributed by atoms with Crippen LogP contribution < -0.4 is 10.2 Å². The third-order valence-corrected chi connectivity index (χ3v) is 9.23. The number of piperazine rings is 1. The van der Waals surface area contributed by atoms with E-state index in [-0.39, 0.29) is 23.9 Å². The van der Waals surface area contributed by atoms with Gasteiger partial charge in [-0.3, -0.25) is 9.69 Å². The van der Waals surface area contributed by atoms with Gasteiger partial charge in [-0.25, -0.2) is 13.4 Å². The van der Waals surface area contributed by atoms with Crippen LogP contribution in [0.4, 0.5) is 5.13 Å². The number of carbonyl (C=O) groups is 1. The highest BCUT2D eigenvalue weighted by Crippen LogP contribution is 2.30. The summed E-state index contributed by atoms with van der Waals surface area (Å²) in [5.74, 6) is -0.221. The number of benzene rings is 2. The van der Waals surface area contributed by atoms with Crippen LogP contribution in [0.15, 0.2) is 72.7 Å². The highest BCUT2D eigenvalue weighted by Gasteiger charge is 2.23.